The minimum absolute atomic E-state index is 0.162. The molecule has 1 aliphatic heterocycles. The van der Waals surface area contributed by atoms with Gasteiger partial charge in [-0.1, -0.05) is 43.5 Å². The van der Waals surface area contributed by atoms with Crippen LogP contribution in [0.25, 0.3) is 0 Å². The summed E-state index contributed by atoms with van der Waals surface area (Å²) in [6, 6.07) is 7.35. The second-order valence-corrected chi connectivity index (χ2v) is 6.49. The molecule has 1 aromatic carbocycles. The zero-order valence-electron chi connectivity index (χ0n) is 13.0. The number of hydrogen-bond acceptors (Lipinski definition) is 2. The van der Waals surface area contributed by atoms with Crippen LogP contribution < -0.4 is 0 Å². The molecule has 116 valence electrons. The third kappa shape index (κ3) is 5.12. The van der Waals surface area contributed by atoms with Crippen molar-refractivity contribution in [3.05, 3.63) is 34.9 Å². The quantitative estimate of drug-likeness (QED) is 0.703. The molecule has 0 radical (unpaired) electrons. The summed E-state index contributed by atoms with van der Waals surface area (Å²) in [5.74, 6) is 1.05. The van der Waals surface area contributed by atoms with Gasteiger partial charge in [-0.05, 0) is 50.4 Å². The van der Waals surface area contributed by atoms with Crippen molar-refractivity contribution in [1.29, 1.82) is 0 Å². The van der Waals surface area contributed by atoms with Crippen LogP contribution in [0.1, 0.15) is 55.8 Å². The lowest BCUT2D eigenvalue weighted by Gasteiger charge is -2.19. The highest BCUT2D eigenvalue weighted by Crippen LogP contribution is 2.22. The molecule has 0 aromatic heterocycles. The third-order valence-electron chi connectivity index (χ3n) is 4.47. The SMILES string of the molecule is CCCC1CCCN(CCC(=O)c2ccccc2Cl)CC1. The number of Topliss-reactive ketones (excluding diaryl/α,β-unsaturated/α-hetero) is 1. The van der Waals surface area contributed by atoms with Crippen molar-refractivity contribution in [2.75, 3.05) is 19.6 Å². The van der Waals surface area contributed by atoms with Gasteiger partial charge in [0, 0.05) is 18.5 Å². The van der Waals surface area contributed by atoms with Crippen LogP contribution in [0.15, 0.2) is 24.3 Å². The van der Waals surface area contributed by atoms with E-state index in [0.29, 0.717) is 17.0 Å². The Kier molecular flexibility index (Phi) is 6.72. The van der Waals surface area contributed by atoms with Gasteiger partial charge in [0.1, 0.15) is 0 Å². The van der Waals surface area contributed by atoms with Gasteiger partial charge in [-0.2, -0.15) is 0 Å². The van der Waals surface area contributed by atoms with E-state index in [1.165, 1.54) is 32.1 Å². The predicted molar refractivity (Wildman–Crippen MR) is 89.1 cm³/mol. The normalized spacial score (nSPS) is 20.2. The Balaban J connectivity index is 1.80. The van der Waals surface area contributed by atoms with Crippen molar-refractivity contribution in [3.8, 4) is 0 Å². The van der Waals surface area contributed by atoms with Crippen molar-refractivity contribution in [2.45, 2.75) is 45.4 Å². The minimum Gasteiger partial charge on any atom is -0.303 e. The van der Waals surface area contributed by atoms with Crippen LogP contribution in [0.4, 0.5) is 0 Å². The number of halogens is 1. The van der Waals surface area contributed by atoms with E-state index in [0.717, 1.165) is 25.6 Å². The van der Waals surface area contributed by atoms with E-state index in [9.17, 15) is 4.79 Å². The first-order chi connectivity index (χ1) is 10.2. The van der Waals surface area contributed by atoms with E-state index < -0.39 is 0 Å². The Morgan fingerprint density at radius 3 is 2.86 bits per heavy atom. The average Bonchev–Trinajstić information content (AvgIpc) is 2.71. The van der Waals surface area contributed by atoms with Gasteiger partial charge in [0.05, 0.1) is 5.02 Å². The molecule has 0 spiro atoms. The van der Waals surface area contributed by atoms with Crippen LogP contribution in [-0.2, 0) is 0 Å². The van der Waals surface area contributed by atoms with E-state index in [-0.39, 0.29) is 5.78 Å². The molecule has 1 fully saturated rings. The molecule has 0 saturated carbocycles. The van der Waals surface area contributed by atoms with Gasteiger partial charge in [0.25, 0.3) is 0 Å². The van der Waals surface area contributed by atoms with Crippen molar-refractivity contribution in [1.82, 2.24) is 4.90 Å². The lowest BCUT2D eigenvalue weighted by molar-refractivity contribution is 0.0965. The number of likely N-dealkylation sites (tertiary alicyclic amines) is 1. The smallest absolute Gasteiger partial charge is 0.165 e. The van der Waals surface area contributed by atoms with E-state index in [4.69, 9.17) is 11.6 Å². The summed E-state index contributed by atoms with van der Waals surface area (Å²) in [5.41, 5.74) is 0.665. The minimum atomic E-state index is 0.162. The summed E-state index contributed by atoms with van der Waals surface area (Å²) >= 11 is 6.09. The van der Waals surface area contributed by atoms with Crippen LogP contribution in [0.2, 0.25) is 5.02 Å². The molecule has 1 aromatic rings. The molecule has 2 nitrogen and oxygen atoms in total. The highest BCUT2D eigenvalue weighted by atomic mass is 35.5. The molecule has 21 heavy (non-hydrogen) atoms. The number of rotatable bonds is 6. The van der Waals surface area contributed by atoms with Gasteiger partial charge >= 0.3 is 0 Å². The molecule has 2 rings (SSSR count). The summed E-state index contributed by atoms with van der Waals surface area (Å²) in [6.07, 6.45) is 7.12. The maximum absolute atomic E-state index is 12.2. The number of carbonyl (C=O) groups is 1. The van der Waals surface area contributed by atoms with E-state index in [1.807, 2.05) is 18.2 Å². The summed E-state index contributed by atoms with van der Waals surface area (Å²) < 4.78 is 0. The first kappa shape index (κ1) is 16.5. The third-order valence-corrected chi connectivity index (χ3v) is 4.80. The molecule has 1 unspecified atom stereocenters. The molecule has 0 N–H and O–H groups in total. The van der Waals surface area contributed by atoms with Gasteiger partial charge in [0.2, 0.25) is 0 Å². The number of benzene rings is 1. The predicted octanol–water partition coefficient (Wildman–Crippen LogP) is 4.82. The first-order valence-electron chi connectivity index (χ1n) is 8.20. The Labute approximate surface area is 133 Å². The highest BCUT2D eigenvalue weighted by molar-refractivity contribution is 6.33. The lowest BCUT2D eigenvalue weighted by atomic mass is 9.96. The molecule has 3 heteroatoms. The molecular weight excluding hydrogens is 282 g/mol. The fraction of sp³-hybridized carbons (Fsp3) is 0.611. The monoisotopic (exact) mass is 307 g/mol. The Bertz CT molecular complexity index is 460. The van der Waals surface area contributed by atoms with Gasteiger partial charge in [-0.25, -0.2) is 0 Å². The Morgan fingerprint density at radius 1 is 1.29 bits per heavy atom. The fourth-order valence-electron chi connectivity index (χ4n) is 3.23. The lowest BCUT2D eigenvalue weighted by Crippen LogP contribution is -2.27. The second kappa shape index (κ2) is 8.55. The summed E-state index contributed by atoms with van der Waals surface area (Å²) in [4.78, 5) is 14.7. The molecule has 0 amide bonds. The van der Waals surface area contributed by atoms with Gasteiger partial charge in [-0.15, -0.1) is 0 Å². The maximum Gasteiger partial charge on any atom is 0.165 e. The van der Waals surface area contributed by atoms with Crippen molar-refractivity contribution in [2.24, 2.45) is 5.92 Å². The van der Waals surface area contributed by atoms with Crippen molar-refractivity contribution < 1.29 is 4.79 Å². The van der Waals surface area contributed by atoms with Crippen LogP contribution in [0.5, 0.6) is 0 Å². The van der Waals surface area contributed by atoms with Crippen molar-refractivity contribution in [3.63, 3.8) is 0 Å². The van der Waals surface area contributed by atoms with Gasteiger partial charge < -0.3 is 4.90 Å². The molecule has 1 aliphatic rings. The molecule has 1 atom stereocenters. The fourth-order valence-corrected chi connectivity index (χ4v) is 3.47. The molecule has 1 heterocycles. The Hall–Kier alpha value is -0.860. The number of nitrogens with zero attached hydrogens (tertiary/aromatic N) is 1. The van der Waals surface area contributed by atoms with Gasteiger partial charge in [-0.3, -0.25) is 4.79 Å². The first-order valence-corrected chi connectivity index (χ1v) is 8.58. The van der Waals surface area contributed by atoms with E-state index in [1.54, 1.807) is 6.07 Å². The topological polar surface area (TPSA) is 20.3 Å². The summed E-state index contributed by atoms with van der Waals surface area (Å²) in [6.45, 7) is 5.41. The highest BCUT2D eigenvalue weighted by Gasteiger charge is 2.17. The zero-order chi connectivity index (χ0) is 15.1. The summed E-state index contributed by atoms with van der Waals surface area (Å²) in [5, 5.41) is 0.571. The standard InChI is InChI=1S/C18H26ClNO/c1-2-6-15-7-5-12-20(13-10-15)14-11-18(21)16-8-3-4-9-17(16)19/h3-4,8-9,15H,2,5-7,10-14H2,1H3. The van der Waals surface area contributed by atoms with Gasteiger partial charge in [0.15, 0.2) is 5.78 Å². The molecule has 0 aliphatic carbocycles. The number of hydrogen-bond donors (Lipinski definition) is 0. The molecule has 1 saturated heterocycles. The Morgan fingerprint density at radius 2 is 2.10 bits per heavy atom. The van der Waals surface area contributed by atoms with Crippen molar-refractivity contribution >= 4 is 17.4 Å². The second-order valence-electron chi connectivity index (χ2n) is 6.08. The summed E-state index contributed by atoms with van der Waals surface area (Å²) in [7, 11) is 0. The van der Waals surface area contributed by atoms with Crippen LogP contribution in [0.3, 0.4) is 0 Å². The van der Waals surface area contributed by atoms with Crippen LogP contribution in [0, 0.1) is 5.92 Å². The number of carbonyl (C=O) groups excluding carboxylic acids is 1. The molecule has 0 bridgehead atoms. The van der Waals surface area contributed by atoms with Crippen LogP contribution in [-0.4, -0.2) is 30.3 Å². The van der Waals surface area contributed by atoms with Crippen LogP contribution >= 0.6 is 11.6 Å². The average molecular weight is 308 g/mol. The number of ketones is 1. The van der Waals surface area contributed by atoms with E-state index in [2.05, 4.69) is 11.8 Å². The largest absolute Gasteiger partial charge is 0.303 e. The zero-order valence-corrected chi connectivity index (χ0v) is 13.7. The van der Waals surface area contributed by atoms with E-state index >= 15 is 0 Å². The maximum atomic E-state index is 12.2. The molecular formula is C18H26ClNO.